The van der Waals surface area contributed by atoms with Crippen LogP contribution in [0.5, 0.6) is 0 Å². The predicted molar refractivity (Wildman–Crippen MR) is 53.1 cm³/mol. The highest BCUT2D eigenvalue weighted by molar-refractivity contribution is 5.67. The van der Waals surface area contributed by atoms with Gasteiger partial charge in [-0.05, 0) is 19.8 Å². The Hall–Kier alpha value is -0.610. The molecule has 3 N–H and O–H groups in total. The van der Waals surface area contributed by atoms with Gasteiger partial charge in [0.25, 0.3) is 0 Å². The molecule has 1 rings (SSSR count). The summed E-state index contributed by atoms with van der Waals surface area (Å²) < 4.78 is 0. The molecule has 0 heterocycles. The van der Waals surface area contributed by atoms with Gasteiger partial charge in [-0.2, -0.15) is 0 Å². The number of carbonyl (C=O) groups is 1. The van der Waals surface area contributed by atoms with Gasteiger partial charge in [0, 0.05) is 12.1 Å². The van der Waals surface area contributed by atoms with Crippen molar-refractivity contribution >= 4 is 5.97 Å². The zero-order valence-corrected chi connectivity index (χ0v) is 8.62. The number of rotatable bonds is 5. The fourth-order valence-corrected chi connectivity index (χ4v) is 1.97. The maximum atomic E-state index is 10.3. The van der Waals surface area contributed by atoms with E-state index in [0.29, 0.717) is 6.54 Å². The van der Waals surface area contributed by atoms with Crippen LogP contribution in [0.15, 0.2) is 0 Å². The van der Waals surface area contributed by atoms with Gasteiger partial charge in [0.15, 0.2) is 0 Å². The van der Waals surface area contributed by atoms with Crippen molar-refractivity contribution in [3.05, 3.63) is 0 Å². The summed E-state index contributed by atoms with van der Waals surface area (Å²) >= 11 is 0. The van der Waals surface area contributed by atoms with Gasteiger partial charge in [-0.1, -0.05) is 12.8 Å². The summed E-state index contributed by atoms with van der Waals surface area (Å²) in [4.78, 5) is 10.3. The zero-order chi connectivity index (χ0) is 10.6. The van der Waals surface area contributed by atoms with Crippen LogP contribution in [0.1, 0.15) is 39.0 Å². The molecule has 1 aliphatic rings. The topological polar surface area (TPSA) is 69.6 Å². The first-order valence-electron chi connectivity index (χ1n) is 5.17. The van der Waals surface area contributed by atoms with E-state index in [-0.39, 0.29) is 12.0 Å². The maximum absolute atomic E-state index is 10.3. The van der Waals surface area contributed by atoms with Crippen molar-refractivity contribution in [2.24, 2.45) is 0 Å². The maximum Gasteiger partial charge on any atom is 0.306 e. The van der Waals surface area contributed by atoms with Crippen LogP contribution in [-0.4, -0.2) is 34.4 Å². The second-order valence-corrected chi connectivity index (χ2v) is 4.40. The lowest BCUT2D eigenvalue weighted by Crippen LogP contribution is -2.44. The highest BCUT2D eigenvalue weighted by Gasteiger charge is 2.28. The van der Waals surface area contributed by atoms with Crippen molar-refractivity contribution in [1.82, 2.24) is 5.32 Å². The first-order valence-corrected chi connectivity index (χ1v) is 5.17. The van der Waals surface area contributed by atoms with Gasteiger partial charge in [-0.3, -0.25) is 4.79 Å². The average Bonchev–Trinajstić information content (AvgIpc) is 2.49. The number of hydrogen-bond donors (Lipinski definition) is 3. The van der Waals surface area contributed by atoms with Crippen LogP contribution in [0.25, 0.3) is 0 Å². The van der Waals surface area contributed by atoms with Gasteiger partial charge in [0.1, 0.15) is 0 Å². The fraction of sp³-hybridized carbons (Fsp3) is 0.900. The Balaban J connectivity index is 2.22. The Morgan fingerprint density at radius 2 is 2.07 bits per heavy atom. The van der Waals surface area contributed by atoms with Crippen molar-refractivity contribution in [3.63, 3.8) is 0 Å². The Morgan fingerprint density at radius 3 is 2.57 bits per heavy atom. The first-order chi connectivity index (χ1) is 6.52. The number of aliphatic hydroxyl groups is 1. The van der Waals surface area contributed by atoms with E-state index < -0.39 is 12.1 Å². The minimum atomic E-state index is -0.948. The van der Waals surface area contributed by atoms with E-state index in [9.17, 15) is 9.90 Å². The number of aliphatic carboxylic acids is 1. The molecule has 0 bridgehead atoms. The third kappa shape index (κ3) is 3.64. The van der Waals surface area contributed by atoms with Crippen molar-refractivity contribution < 1.29 is 15.0 Å². The average molecular weight is 201 g/mol. The number of β-amino-alcohol motifs (C(OH)–C–C–N with tert-alkyl or cyclic N) is 1. The lowest BCUT2D eigenvalue weighted by molar-refractivity contribution is -0.139. The van der Waals surface area contributed by atoms with Crippen molar-refractivity contribution in [1.29, 1.82) is 0 Å². The second-order valence-electron chi connectivity index (χ2n) is 4.40. The van der Waals surface area contributed by atoms with E-state index in [0.717, 1.165) is 12.8 Å². The monoisotopic (exact) mass is 201 g/mol. The number of aliphatic hydroxyl groups excluding tert-OH is 1. The van der Waals surface area contributed by atoms with Crippen molar-refractivity contribution in [2.45, 2.75) is 50.7 Å². The SMILES string of the molecule is CC1(NCC(O)CC(=O)O)CCCC1. The number of carboxylic acids is 1. The normalized spacial score (nSPS) is 22.1. The van der Waals surface area contributed by atoms with E-state index in [4.69, 9.17) is 5.11 Å². The molecule has 82 valence electrons. The summed E-state index contributed by atoms with van der Waals surface area (Å²) in [5, 5.41) is 21.1. The molecule has 1 fully saturated rings. The lowest BCUT2D eigenvalue weighted by atomic mass is 10.0. The van der Waals surface area contributed by atoms with Crippen LogP contribution in [0, 0.1) is 0 Å². The highest BCUT2D eigenvalue weighted by Crippen LogP contribution is 2.28. The van der Waals surface area contributed by atoms with Crippen LogP contribution >= 0.6 is 0 Å². The van der Waals surface area contributed by atoms with Crippen LogP contribution in [0.3, 0.4) is 0 Å². The molecule has 0 aromatic carbocycles. The summed E-state index contributed by atoms with van der Waals surface area (Å²) in [6.45, 7) is 2.51. The Bertz CT molecular complexity index is 200. The molecule has 1 unspecified atom stereocenters. The largest absolute Gasteiger partial charge is 0.481 e. The van der Waals surface area contributed by atoms with Gasteiger partial charge in [0.05, 0.1) is 12.5 Å². The molecule has 0 radical (unpaired) electrons. The van der Waals surface area contributed by atoms with Crippen LogP contribution < -0.4 is 5.32 Å². The van der Waals surface area contributed by atoms with Crippen LogP contribution in [-0.2, 0) is 4.79 Å². The van der Waals surface area contributed by atoms with Gasteiger partial charge in [0.2, 0.25) is 0 Å². The molecular formula is C10H19NO3. The molecule has 0 spiro atoms. The highest BCUT2D eigenvalue weighted by atomic mass is 16.4. The van der Waals surface area contributed by atoms with Gasteiger partial charge >= 0.3 is 5.97 Å². The van der Waals surface area contributed by atoms with Crippen LogP contribution in [0.2, 0.25) is 0 Å². The molecule has 0 saturated heterocycles. The molecule has 0 aromatic rings. The fourth-order valence-electron chi connectivity index (χ4n) is 1.97. The quantitative estimate of drug-likeness (QED) is 0.613. The second kappa shape index (κ2) is 4.75. The molecule has 0 amide bonds. The third-order valence-electron chi connectivity index (χ3n) is 2.88. The zero-order valence-electron chi connectivity index (χ0n) is 8.62. The van der Waals surface area contributed by atoms with E-state index in [1.165, 1.54) is 12.8 Å². The third-order valence-corrected chi connectivity index (χ3v) is 2.88. The minimum Gasteiger partial charge on any atom is -0.481 e. The lowest BCUT2D eigenvalue weighted by Gasteiger charge is -2.26. The Morgan fingerprint density at radius 1 is 1.50 bits per heavy atom. The van der Waals surface area contributed by atoms with Crippen molar-refractivity contribution in [2.75, 3.05) is 6.54 Å². The smallest absolute Gasteiger partial charge is 0.306 e. The van der Waals surface area contributed by atoms with Crippen LogP contribution in [0.4, 0.5) is 0 Å². The molecule has 1 aliphatic carbocycles. The summed E-state index contributed by atoms with van der Waals surface area (Å²) in [5.74, 6) is -0.948. The van der Waals surface area contributed by atoms with Crippen molar-refractivity contribution in [3.8, 4) is 0 Å². The van der Waals surface area contributed by atoms with Gasteiger partial charge in [-0.15, -0.1) is 0 Å². The molecule has 0 aromatic heterocycles. The number of hydrogen-bond acceptors (Lipinski definition) is 3. The molecule has 1 saturated carbocycles. The molecule has 4 heteroatoms. The molecule has 14 heavy (non-hydrogen) atoms. The molecule has 0 aliphatic heterocycles. The summed E-state index contributed by atoms with van der Waals surface area (Å²) in [6.07, 6.45) is 3.73. The predicted octanol–water partition coefficient (Wildman–Crippen LogP) is 0.744. The molecular weight excluding hydrogens is 182 g/mol. The summed E-state index contributed by atoms with van der Waals surface area (Å²) in [5.41, 5.74) is 0.111. The van der Waals surface area contributed by atoms with E-state index in [1.807, 2.05) is 0 Å². The van der Waals surface area contributed by atoms with Gasteiger partial charge < -0.3 is 15.5 Å². The molecule has 4 nitrogen and oxygen atoms in total. The number of nitrogens with one attached hydrogen (secondary N) is 1. The van der Waals surface area contributed by atoms with E-state index in [2.05, 4.69) is 12.2 Å². The van der Waals surface area contributed by atoms with E-state index in [1.54, 1.807) is 0 Å². The summed E-state index contributed by atoms with van der Waals surface area (Å²) in [7, 11) is 0. The molecule has 1 atom stereocenters. The van der Waals surface area contributed by atoms with E-state index >= 15 is 0 Å². The standard InChI is InChI=1S/C10H19NO3/c1-10(4-2-3-5-10)11-7-8(12)6-9(13)14/h8,11-12H,2-7H2,1H3,(H,13,14). The summed E-state index contributed by atoms with van der Waals surface area (Å²) in [6, 6.07) is 0. The van der Waals surface area contributed by atoms with Gasteiger partial charge in [-0.25, -0.2) is 0 Å². The Labute approximate surface area is 84.3 Å². The first kappa shape index (κ1) is 11.5. The number of carboxylic acid groups (broad SMARTS) is 1. The Kier molecular flexibility index (Phi) is 3.89. The minimum absolute atomic E-state index is 0.111.